The van der Waals surface area contributed by atoms with E-state index >= 15 is 0 Å². The Morgan fingerprint density at radius 2 is 1.17 bits per heavy atom. The SMILES string of the molecule is COc1cc(Cc2cc(OC)c(O)c(N)c2C)c(C)c(N)c1O. The van der Waals surface area contributed by atoms with Crippen LogP contribution in [0, 0.1) is 13.8 Å². The standard InChI is InChI=1S/C17H22N2O4/c1-8-10(6-12(22-3)16(20)14(8)18)5-11-7-13(23-4)17(21)15(19)9(11)2/h6-7,20-21H,5,18-19H2,1-4H3. The summed E-state index contributed by atoms with van der Waals surface area (Å²) in [6, 6.07) is 3.49. The molecule has 6 heteroatoms. The Morgan fingerprint density at radius 3 is 1.48 bits per heavy atom. The summed E-state index contributed by atoms with van der Waals surface area (Å²) in [6.07, 6.45) is 0.513. The van der Waals surface area contributed by atoms with E-state index in [1.54, 1.807) is 12.1 Å². The molecule has 0 aliphatic heterocycles. The first kappa shape index (κ1) is 16.6. The lowest BCUT2D eigenvalue weighted by Gasteiger charge is -2.17. The van der Waals surface area contributed by atoms with Gasteiger partial charge in [0.05, 0.1) is 25.6 Å². The van der Waals surface area contributed by atoms with Crippen molar-refractivity contribution >= 4 is 11.4 Å². The molecule has 0 radical (unpaired) electrons. The lowest BCUT2D eigenvalue weighted by molar-refractivity contribution is 0.373. The fourth-order valence-electron chi connectivity index (χ4n) is 2.52. The van der Waals surface area contributed by atoms with Crippen LogP contribution in [0.4, 0.5) is 11.4 Å². The van der Waals surface area contributed by atoms with Gasteiger partial charge in [0.15, 0.2) is 23.0 Å². The number of rotatable bonds is 4. The van der Waals surface area contributed by atoms with E-state index in [0.717, 1.165) is 22.3 Å². The average molecular weight is 318 g/mol. The summed E-state index contributed by atoms with van der Waals surface area (Å²) < 4.78 is 10.3. The topological polar surface area (TPSA) is 111 Å². The molecule has 0 amide bonds. The number of aromatic hydroxyl groups is 2. The Morgan fingerprint density at radius 1 is 0.826 bits per heavy atom. The van der Waals surface area contributed by atoms with Crippen LogP contribution in [0.15, 0.2) is 12.1 Å². The summed E-state index contributed by atoms with van der Waals surface area (Å²) in [5.74, 6) is 0.514. The molecule has 0 aliphatic carbocycles. The molecule has 23 heavy (non-hydrogen) atoms. The van der Waals surface area contributed by atoms with Crippen molar-refractivity contribution < 1.29 is 19.7 Å². The molecule has 0 aliphatic rings. The van der Waals surface area contributed by atoms with Crippen molar-refractivity contribution in [2.75, 3.05) is 25.7 Å². The zero-order valence-electron chi connectivity index (χ0n) is 13.7. The van der Waals surface area contributed by atoms with Crippen LogP contribution in [0.5, 0.6) is 23.0 Å². The van der Waals surface area contributed by atoms with Crippen molar-refractivity contribution in [1.82, 2.24) is 0 Å². The van der Waals surface area contributed by atoms with Gasteiger partial charge in [-0.3, -0.25) is 0 Å². The molecular weight excluding hydrogens is 296 g/mol. The third kappa shape index (κ3) is 2.79. The second-order valence-corrected chi connectivity index (χ2v) is 5.43. The van der Waals surface area contributed by atoms with E-state index in [-0.39, 0.29) is 22.9 Å². The molecule has 124 valence electrons. The summed E-state index contributed by atoms with van der Waals surface area (Å²) in [4.78, 5) is 0. The predicted molar refractivity (Wildman–Crippen MR) is 90.4 cm³/mol. The van der Waals surface area contributed by atoms with Gasteiger partial charge in [0.1, 0.15) is 0 Å². The number of hydrogen-bond acceptors (Lipinski definition) is 6. The Kier molecular flexibility index (Phi) is 4.45. The van der Waals surface area contributed by atoms with E-state index < -0.39 is 0 Å². The smallest absolute Gasteiger partial charge is 0.181 e. The van der Waals surface area contributed by atoms with Crippen LogP contribution in [-0.4, -0.2) is 24.4 Å². The van der Waals surface area contributed by atoms with Crippen LogP contribution in [0.3, 0.4) is 0 Å². The van der Waals surface area contributed by atoms with E-state index in [1.165, 1.54) is 14.2 Å². The normalized spacial score (nSPS) is 10.6. The highest BCUT2D eigenvalue weighted by atomic mass is 16.5. The molecule has 2 aromatic carbocycles. The van der Waals surface area contributed by atoms with Gasteiger partial charge in [-0.05, 0) is 54.7 Å². The maximum absolute atomic E-state index is 9.96. The molecule has 6 N–H and O–H groups in total. The Balaban J connectivity index is 2.56. The van der Waals surface area contributed by atoms with Crippen molar-refractivity contribution in [3.8, 4) is 23.0 Å². The second kappa shape index (κ2) is 6.16. The van der Waals surface area contributed by atoms with E-state index in [0.29, 0.717) is 17.9 Å². The van der Waals surface area contributed by atoms with Crippen LogP contribution >= 0.6 is 0 Å². The number of benzene rings is 2. The lowest BCUT2D eigenvalue weighted by Crippen LogP contribution is -2.03. The number of ether oxygens (including phenoxy) is 2. The minimum Gasteiger partial charge on any atom is -0.503 e. The minimum atomic E-state index is -0.0618. The van der Waals surface area contributed by atoms with Crippen molar-refractivity contribution in [1.29, 1.82) is 0 Å². The van der Waals surface area contributed by atoms with E-state index in [9.17, 15) is 10.2 Å². The second-order valence-electron chi connectivity index (χ2n) is 5.43. The zero-order chi connectivity index (χ0) is 17.3. The molecule has 0 saturated heterocycles. The Labute approximate surface area is 135 Å². The third-order valence-electron chi connectivity index (χ3n) is 4.18. The highest BCUT2D eigenvalue weighted by Crippen LogP contribution is 2.40. The van der Waals surface area contributed by atoms with E-state index in [1.807, 2.05) is 13.8 Å². The average Bonchev–Trinajstić information content (AvgIpc) is 2.55. The number of nitrogens with two attached hydrogens (primary N) is 2. The van der Waals surface area contributed by atoms with Gasteiger partial charge < -0.3 is 31.2 Å². The van der Waals surface area contributed by atoms with E-state index in [4.69, 9.17) is 20.9 Å². The first-order chi connectivity index (χ1) is 10.8. The molecular formula is C17H22N2O4. The summed E-state index contributed by atoms with van der Waals surface area (Å²) in [5, 5.41) is 19.9. The van der Waals surface area contributed by atoms with Crippen LogP contribution < -0.4 is 20.9 Å². The fraction of sp³-hybridized carbons (Fsp3) is 0.294. The van der Waals surface area contributed by atoms with Crippen LogP contribution in [0.25, 0.3) is 0 Å². The molecule has 0 fully saturated rings. The van der Waals surface area contributed by atoms with Gasteiger partial charge in [-0.2, -0.15) is 0 Å². The molecule has 2 aromatic rings. The largest absolute Gasteiger partial charge is 0.503 e. The van der Waals surface area contributed by atoms with Gasteiger partial charge in [-0.1, -0.05) is 0 Å². The highest BCUT2D eigenvalue weighted by molar-refractivity contribution is 5.69. The van der Waals surface area contributed by atoms with Gasteiger partial charge in [0, 0.05) is 0 Å². The van der Waals surface area contributed by atoms with Crippen molar-refractivity contribution in [2.45, 2.75) is 20.3 Å². The maximum Gasteiger partial charge on any atom is 0.181 e. The van der Waals surface area contributed by atoms with Crippen LogP contribution in [0.2, 0.25) is 0 Å². The maximum atomic E-state index is 9.96. The molecule has 0 spiro atoms. The number of hydrogen-bond donors (Lipinski definition) is 4. The minimum absolute atomic E-state index is 0.0618. The monoisotopic (exact) mass is 318 g/mol. The van der Waals surface area contributed by atoms with Gasteiger partial charge in [-0.25, -0.2) is 0 Å². The number of methoxy groups -OCH3 is 2. The molecule has 0 aromatic heterocycles. The lowest BCUT2D eigenvalue weighted by atomic mass is 9.94. The van der Waals surface area contributed by atoms with Gasteiger partial charge in [0.2, 0.25) is 0 Å². The van der Waals surface area contributed by atoms with Crippen LogP contribution in [-0.2, 0) is 6.42 Å². The highest BCUT2D eigenvalue weighted by Gasteiger charge is 2.17. The molecule has 0 bridgehead atoms. The van der Waals surface area contributed by atoms with Crippen molar-refractivity contribution in [2.24, 2.45) is 0 Å². The summed E-state index contributed by atoms with van der Waals surface area (Å²) in [5.41, 5.74) is 15.8. The number of anilines is 2. The predicted octanol–water partition coefficient (Wildman–Crippen LogP) is 2.49. The number of phenols is 2. The van der Waals surface area contributed by atoms with Gasteiger partial charge in [-0.15, -0.1) is 0 Å². The van der Waals surface area contributed by atoms with Gasteiger partial charge in [0.25, 0.3) is 0 Å². The Bertz CT molecular complexity index is 694. The van der Waals surface area contributed by atoms with E-state index in [2.05, 4.69) is 0 Å². The molecule has 0 heterocycles. The summed E-state index contributed by atoms with van der Waals surface area (Å²) in [7, 11) is 2.95. The summed E-state index contributed by atoms with van der Waals surface area (Å²) in [6.45, 7) is 3.67. The van der Waals surface area contributed by atoms with Crippen molar-refractivity contribution in [3.63, 3.8) is 0 Å². The molecule has 6 nitrogen and oxygen atoms in total. The quantitative estimate of drug-likeness (QED) is 0.509. The first-order valence-corrected chi connectivity index (χ1v) is 7.11. The third-order valence-corrected chi connectivity index (χ3v) is 4.18. The molecule has 2 rings (SSSR count). The molecule has 0 saturated carbocycles. The molecule has 0 unspecified atom stereocenters. The molecule has 0 atom stereocenters. The Hall–Kier alpha value is -2.76. The fourth-order valence-corrected chi connectivity index (χ4v) is 2.52. The summed E-state index contributed by atoms with van der Waals surface area (Å²) >= 11 is 0. The number of phenolic OH excluding ortho intramolecular Hbond substituents is 2. The van der Waals surface area contributed by atoms with Gasteiger partial charge >= 0.3 is 0 Å². The zero-order valence-corrected chi connectivity index (χ0v) is 13.7. The van der Waals surface area contributed by atoms with Crippen molar-refractivity contribution in [3.05, 3.63) is 34.4 Å². The number of nitrogen functional groups attached to an aromatic ring is 2. The van der Waals surface area contributed by atoms with Crippen LogP contribution in [0.1, 0.15) is 22.3 Å². The first-order valence-electron chi connectivity index (χ1n) is 7.11.